The maximum atomic E-state index is 13.0. The second kappa shape index (κ2) is 5.10. The van der Waals surface area contributed by atoms with Gasteiger partial charge in [0.1, 0.15) is 11.6 Å². The van der Waals surface area contributed by atoms with E-state index in [1.807, 2.05) is 6.92 Å². The van der Waals surface area contributed by atoms with Gasteiger partial charge in [0.15, 0.2) is 0 Å². The van der Waals surface area contributed by atoms with E-state index in [-0.39, 0.29) is 6.04 Å². The number of likely N-dealkylation sites (tertiary alicyclic amines) is 1. The third-order valence-corrected chi connectivity index (χ3v) is 3.38. The summed E-state index contributed by atoms with van der Waals surface area (Å²) in [6.45, 7) is 4.47. The molecule has 0 spiro atoms. The van der Waals surface area contributed by atoms with Crippen molar-refractivity contribution in [1.29, 1.82) is 0 Å². The molecule has 2 nitrogen and oxygen atoms in total. The van der Waals surface area contributed by atoms with Gasteiger partial charge in [-0.05, 0) is 43.5 Å². The van der Waals surface area contributed by atoms with Crippen molar-refractivity contribution in [2.75, 3.05) is 13.1 Å². The number of benzene rings is 1. The predicted molar refractivity (Wildman–Crippen MR) is 63.4 cm³/mol. The molecule has 0 saturated carbocycles. The van der Waals surface area contributed by atoms with E-state index in [0.717, 1.165) is 25.6 Å². The molecule has 1 aromatic rings. The third kappa shape index (κ3) is 3.23. The second-order valence-electron chi connectivity index (χ2n) is 4.92. The molecule has 0 amide bonds. The monoisotopic (exact) mass is 240 g/mol. The Morgan fingerprint density at radius 3 is 2.53 bits per heavy atom. The minimum absolute atomic E-state index is 0.184. The largest absolute Gasteiger partial charge is 0.328 e. The number of hydrogen-bond acceptors (Lipinski definition) is 2. The molecule has 0 aliphatic carbocycles. The van der Waals surface area contributed by atoms with Gasteiger partial charge in [-0.1, -0.05) is 0 Å². The summed E-state index contributed by atoms with van der Waals surface area (Å²) in [7, 11) is 0. The average Bonchev–Trinajstić information content (AvgIpc) is 2.64. The van der Waals surface area contributed by atoms with Crippen LogP contribution in [-0.4, -0.2) is 24.0 Å². The molecule has 0 aromatic heterocycles. The summed E-state index contributed by atoms with van der Waals surface area (Å²) < 4.78 is 26.1. The first-order valence-electron chi connectivity index (χ1n) is 5.97. The van der Waals surface area contributed by atoms with Crippen LogP contribution in [-0.2, 0) is 6.54 Å². The Balaban J connectivity index is 1.98. The van der Waals surface area contributed by atoms with E-state index >= 15 is 0 Å². The van der Waals surface area contributed by atoms with Crippen molar-refractivity contribution in [3.63, 3.8) is 0 Å². The minimum atomic E-state index is -0.511. The zero-order valence-electron chi connectivity index (χ0n) is 10.00. The molecule has 2 rings (SSSR count). The molecule has 1 saturated heterocycles. The molecule has 4 heteroatoms. The SMILES string of the molecule is CC(N)C1CCN(Cc2cc(F)cc(F)c2)C1. The van der Waals surface area contributed by atoms with Crippen LogP contribution >= 0.6 is 0 Å². The van der Waals surface area contributed by atoms with E-state index in [2.05, 4.69) is 4.90 Å². The van der Waals surface area contributed by atoms with Crippen LogP contribution in [0, 0.1) is 17.6 Å². The molecule has 2 unspecified atom stereocenters. The van der Waals surface area contributed by atoms with Gasteiger partial charge in [0, 0.05) is 25.2 Å². The van der Waals surface area contributed by atoms with Gasteiger partial charge in [0.2, 0.25) is 0 Å². The van der Waals surface area contributed by atoms with Crippen LogP contribution < -0.4 is 5.73 Å². The van der Waals surface area contributed by atoms with Crippen molar-refractivity contribution in [3.05, 3.63) is 35.4 Å². The maximum Gasteiger partial charge on any atom is 0.126 e. The molecule has 2 N–H and O–H groups in total. The molecular weight excluding hydrogens is 222 g/mol. The van der Waals surface area contributed by atoms with Crippen LogP contribution in [0.25, 0.3) is 0 Å². The van der Waals surface area contributed by atoms with Crippen molar-refractivity contribution >= 4 is 0 Å². The fourth-order valence-electron chi connectivity index (χ4n) is 2.40. The predicted octanol–water partition coefficient (Wildman–Crippen LogP) is 2.13. The summed E-state index contributed by atoms with van der Waals surface area (Å²) in [6.07, 6.45) is 1.06. The fraction of sp³-hybridized carbons (Fsp3) is 0.538. The van der Waals surface area contributed by atoms with Crippen LogP contribution in [0.15, 0.2) is 18.2 Å². The molecule has 94 valence electrons. The zero-order chi connectivity index (χ0) is 12.4. The first kappa shape index (κ1) is 12.5. The van der Waals surface area contributed by atoms with Crippen LogP contribution in [0.2, 0.25) is 0 Å². The Morgan fingerprint density at radius 2 is 2.00 bits per heavy atom. The highest BCUT2D eigenvalue weighted by Gasteiger charge is 2.25. The normalized spacial score (nSPS) is 22.9. The van der Waals surface area contributed by atoms with Gasteiger partial charge in [-0.15, -0.1) is 0 Å². The molecule has 2 atom stereocenters. The molecule has 1 aromatic carbocycles. The van der Waals surface area contributed by atoms with E-state index in [1.165, 1.54) is 12.1 Å². The summed E-state index contributed by atoms with van der Waals surface area (Å²) in [5.41, 5.74) is 6.54. The number of rotatable bonds is 3. The fourth-order valence-corrected chi connectivity index (χ4v) is 2.40. The summed E-state index contributed by atoms with van der Waals surface area (Å²) in [5.74, 6) is -0.528. The number of nitrogens with two attached hydrogens (primary N) is 1. The second-order valence-corrected chi connectivity index (χ2v) is 4.92. The molecular formula is C13H18F2N2. The highest BCUT2D eigenvalue weighted by Crippen LogP contribution is 2.21. The summed E-state index contributed by atoms with van der Waals surface area (Å²) in [5, 5.41) is 0. The molecule has 1 heterocycles. The van der Waals surface area contributed by atoms with E-state index in [1.54, 1.807) is 0 Å². The lowest BCUT2D eigenvalue weighted by molar-refractivity contribution is 0.307. The van der Waals surface area contributed by atoms with E-state index < -0.39 is 11.6 Å². The van der Waals surface area contributed by atoms with Gasteiger partial charge in [-0.2, -0.15) is 0 Å². The number of hydrogen-bond donors (Lipinski definition) is 1. The van der Waals surface area contributed by atoms with Gasteiger partial charge in [-0.25, -0.2) is 8.78 Å². The smallest absolute Gasteiger partial charge is 0.126 e. The van der Waals surface area contributed by atoms with Crippen molar-refractivity contribution in [1.82, 2.24) is 4.90 Å². The Kier molecular flexibility index (Phi) is 3.74. The molecule has 1 aliphatic heterocycles. The molecule has 17 heavy (non-hydrogen) atoms. The van der Waals surface area contributed by atoms with Gasteiger partial charge in [0.05, 0.1) is 0 Å². The highest BCUT2D eigenvalue weighted by atomic mass is 19.1. The lowest BCUT2D eigenvalue weighted by Crippen LogP contribution is -2.29. The van der Waals surface area contributed by atoms with E-state index in [9.17, 15) is 8.78 Å². The van der Waals surface area contributed by atoms with Gasteiger partial charge in [-0.3, -0.25) is 4.90 Å². The molecule has 1 fully saturated rings. The summed E-state index contributed by atoms with van der Waals surface area (Å²) in [4.78, 5) is 2.20. The van der Waals surface area contributed by atoms with Gasteiger partial charge < -0.3 is 5.73 Å². The quantitative estimate of drug-likeness (QED) is 0.877. The van der Waals surface area contributed by atoms with Gasteiger partial charge in [0.25, 0.3) is 0 Å². The third-order valence-electron chi connectivity index (χ3n) is 3.38. The summed E-state index contributed by atoms with van der Waals surface area (Å²) >= 11 is 0. The minimum Gasteiger partial charge on any atom is -0.328 e. The van der Waals surface area contributed by atoms with Crippen LogP contribution in [0.1, 0.15) is 18.9 Å². The number of nitrogens with zero attached hydrogens (tertiary/aromatic N) is 1. The maximum absolute atomic E-state index is 13.0. The first-order chi connectivity index (χ1) is 8.04. The van der Waals surface area contributed by atoms with Crippen molar-refractivity contribution in [2.45, 2.75) is 25.9 Å². The first-order valence-corrected chi connectivity index (χ1v) is 5.97. The van der Waals surface area contributed by atoms with E-state index in [4.69, 9.17) is 5.73 Å². The lowest BCUT2D eigenvalue weighted by Gasteiger charge is -2.17. The Hall–Kier alpha value is -1.00. The molecule has 0 radical (unpaired) electrons. The Labute approximate surface area is 100 Å². The zero-order valence-corrected chi connectivity index (χ0v) is 10.00. The number of halogens is 2. The van der Waals surface area contributed by atoms with Crippen molar-refractivity contribution in [3.8, 4) is 0 Å². The molecule has 0 bridgehead atoms. The Bertz CT molecular complexity index is 373. The Morgan fingerprint density at radius 1 is 1.35 bits per heavy atom. The van der Waals surface area contributed by atoms with E-state index in [0.29, 0.717) is 18.0 Å². The van der Waals surface area contributed by atoms with Crippen LogP contribution in [0.5, 0.6) is 0 Å². The van der Waals surface area contributed by atoms with Crippen molar-refractivity contribution in [2.24, 2.45) is 11.7 Å². The van der Waals surface area contributed by atoms with Gasteiger partial charge >= 0.3 is 0 Å². The average molecular weight is 240 g/mol. The van der Waals surface area contributed by atoms with Crippen LogP contribution in [0.4, 0.5) is 8.78 Å². The van der Waals surface area contributed by atoms with Crippen LogP contribution in [0.3, 0.4) is 0 Å². The topological polar surface area (TPSA) is 29.3 Å². The molecule has 1 aliphatic rings. The summed E-state index contributed by atoms with van der Waals surface area (Å²) in [6, 6.07) is 3.87. The van der Waals surface area contributed by atoms with Crippen molar-refractivity contribution < 1.29 is 8.78 Å². The standard InChI is InChI=1S/C13H18F2N2/c1-9(16)11-2-3-17(8-11)7-10-4-12(14)6-13(15)5-10/h4-6,9,11H,2-3,7-8,16H2,1H3. The lowest BCUT2D eigenvalue weighted by atomic mass is 10.0. The highest BCUT2D eigenvalue weighted by molar-refractivity contribution is 5.18.